The minimum Gasteiger partial charge on any atom is -0.488 e. The van der Waals surface area contributed by atoms with E-state index in [0.717, 1.165) is 0 Å². The van der Waals surface area contributed by atoms with E-state index in [1.54, 1.807) is 36.4 Å². The maximum Gasteiger partial charge on any atom is 0.269 e. The number of nitro groups is 1. The average molecular weight is 543 g/mol. The van der Waals surface area contributed by atoms with Crippen molar-refractivity contribution in [3.8, 4) is 11.8 Å². The summed E-state index contributed by atoms with van der Waals surface area (Å²) in [6.45, 7) is 0.140. The minimum absolute atomic E-state index is 0.0148. The molecule has 0 bridgehead atoms. The fourth-order valence-electron chi connectivity index (χ4n) is 2.71. The van der Waals surface area contributed by atoms with E-state index < -0.39 is 16.6 Å². The lowest BCUT2D eigenvalue weighted by molar-refractivity contribution is -0.384. The maximum atomic E-state index is 13.7. The number of nitro benzene ring substituents is 1. The fourth-order valence-corrected chi connectivity index (χ4v) is 3.41. The van der Waals surface area contributed by atoms with Crippen molar-refractivity contribution >= 4 is 45.9 Å². The van der Waals surface area contributed by atoms with Gasteiger partial charge in [0.15, 0.2) is 0 Å². The lowest BCUT2D eigenvalue weighted by atomic mass is 10.1. The number of hydrogen-bond acceptors (Lipinski definition) is 5. The summed E-state index contributed by atoms with van der Waals surface area (Å²) in [6.07, 6.45) is 1.39. The van der Waals surface area contributed by atoms with Crippen molar-refractivity contribution in [1.82, 2.24) is 0 Å². The lowest BCUT2D eigenvalue weighted by Crippen LogP contribution is -2.14. The van der Waals surface area contributed by atoms with E-state index in [0.29, 0.717) is 20.4 Å². The number of amides is 1. The number of rotatable bonds is 7. The van der Waals surface area contributed by atoms with Crippen molar-refractivity contribution in [2.24, 2.45) is 0 Å². The molecule has 0 aromatic heterocycles. The summed E-state index contributed by atoms with van der Waals surface area (Å²) in [4.78, 5) is 22.8. The molecule has 0 saturated carbocycles. The molecule has 0 unspecified atom stereocenters. The van der Waals surface area contributed by atoms with Crippen LogP contribution < -0.4 is 10.1 Å². The third kappa shape index (κ3) is 5.89. The van der Waals surface area contributed by atoms with Gasteiger partial charge in [-0.15, -0.1) is 0 Å². The summed E-state index contributed by atoms with van der Waals surface area (Å²) in [5.41, 5.74) is 1.01. The first-order valence-electron chi connectivity index (χ1n) is 9.20. The monoisotopic (exact) mass is 543 g/mol. The number of carbonyl (C=O) groups excluding carboxylic acids is 1. The largest absolute Gasteiger partial charge is 0.488 e. The highest BCUT2D eigenvalue weighted by Gasteiger charge is 2.13. The molecule has 32 heavy (non-hydrogen) atoms. The lowest BCUT2D eigenvalue weighted by Gasteiger charge is -2.09. The van der Waals surface area contributed by atoms with Gasteiger partial charge in [-0.25, -0.2) is 4.39 Å². The van der Waals surface area contributed by atoms with Gasteiger partial charge in [-0.1, -0.05) is 30.3 Å². The second-order valence-corrected chi connectivity index (χ2v) is 7.67. The van der Waals surface area contributed by atoms with E-state index in [4.69, 9.17) is 4.74 Å². The van der Waals surface area contributed by atoms with Gasteiger partial charge in [0.25, 0.3) is 11.6 Å². The van der Waals surface area contributed by atoms with Gasteiger partial charge in [0.2, 0.25) is 0 Å². The van der Waals surface area contributed by atoms with Crippen molar-refractivity contribution < 1.29 is 18.8 Å². The zero-order chi connectivity index (χ0) is 23.1. The van der Waals surface area contributed by atoms with Gasteiger partial charge >= 0.3 is 0 Å². The van der Waals surface area contributed by atoms with Crippen LogP contribution in [0.15, 0.2) is 72.3 Å². The molecular weight excluding hydrogens is 528 g/mol. The molecule has 160 valence electrons. The SMILES string of the molecule is N#C/C(=C/c1ccc(OCc2cccc([N+](=O)[O-])c2)c(I)c1)C(=O)Nc1ccccc1F. The molecule has 0 atom stereocenters. The Bertz CT molecular complexity index is 1250. The third-order valence-corrected chi connectivity index (χ3v) is 5.11. The molecule has 1 amide bonds. The number of nitriles is 1. The standard InChI is InChI=1S/C23H15FIN3O4/c24-19-6-1-2-7-21(19)27-23(29)17(13-26)10-15-8-9-22(20(25)12-15)32-14-16-4-3-5-18(11-16)28(30)31/h1-12H,14H2,(H,27,29)/b17-10-. The predicted octanol–water partition coefficient (Wildman–Crippen LogP) is 5.46. The van der Waals surface area contributed by atoms with E-state index in [1.165, 1.54) is 36.4 Å². The van der Waals surface area contributed by atoms with Gasteiger partial charge in [-0.2, -0.15) is 5.26 Å². The molecular formula is C23H15FIN3O4. The molecule has 0 aliphatic heterocycles. The van der Waals surface area contributed by atoms with Crippen LogP contribution in [0.25, 0.3) is 6.08 Å². The molecule has 0 radical (unpaired) electrons. The second kappa shape index (κ2) is 10.5. The Kier molecular flexibility index (Phi) is 7.51. The topological polar surface area (TPSA) is 105 Å². The molecule has 3 rings (SSSR count). The van der Waals surface area contributed by atoms with Gasteiger partial charge in [0.05, 0.1) is 14.2 Å². The molecule has 9 heteroatoms. The summed E-state index contributed by atoms with van der Waals surface area (Å²) in [7, 11) is 0. The summed E-state index contributed by atoms with van der Waals surface area (Å²) in [5, 5.41) is 22.6. The number of para-hydroxylation sites is 1. The second-order valence-electron chi connectivity index (χ2n) is 6.51. The van der Waals surface area contributed by atoms with Gasteiger partial charge in [0, 0.05) is 12.1 Å². The Morgan fingerprint density at radius 1 is 1.19 bits per heavy atom. The Morgan fingerprint density at radius 2 is 1.97 bits per heavy atom. The van der Waals surface area contributed by atoms with Crippen LogP contribution >= 0.6 is 22.6 Å². The Morgan fingerprint density at radius 3 is 2.66 bits per heavy atom. The van der Waals surface area contributed by atoms with Crippen LogP contribution in [0.5, 0.6) is 5.75 Å². The van der Waals surface area contributed by atoms with Crippen LogP contribution in [0, 0.1) is 30.8 Å². The number of nitrogens with one attached hydrogen (secondary N) is 1. The van der Waals surface area contributed by atoms with Crippen LogP contribution in [0.2, 0.25) is 0 Å². The molecule has 3 aromatic rings. The van der Waals surface area contributed by atoms with Gasteiger partial charge in [-0.05, 0) is 64.1 Å². The number of benzene rings is 3. The molecule has 3 aromatic carbocycles. The van der Waals surface area contributed by atoms with Gasteiger partial charge in [-0.3, -0.25) is 14.9 Å². The highest BCUT2D eigenvalue weighted by Crippen LogP contribution is 2.25. The Hall–Kier alpha value is -3.78. The summed E-state index contributed by atoms with van der Waals surface area (Å²) in [5.74, 6) is -0.778. The predicted molar refractivity (Wildman–Crippen MR) is 125 cm³/mol. The van der Waals surface area contributed by atoms with E-state index >= 15 is 0 Å². The van der Waals surface area contributed by atoms with E-state index in [1.807, 2.05) is 28.7 Å². The third-order valence-electron chi connectivity index (χ3n) is 4.27. The minimum atomic E-state index is -0.724. The van der Waals surface area contributed by atoms with Crippen molar-refractivity contribution in [2.75, 3.05) is 5.32 Å². The number of anilines is 1. The quantitative estimate of drug-likeness (QED) is 0.140. The number of non-ortho nitro benzene ring substituents is 1. The Labute approximate surface area is 196 Å². The average Bonchev–Trinajstić information content (AvgIpc) is 2.78. The number of nitrogens with zero attached hydrogens (tertiary/aromatic N) is 2. The molecule has 7 nitrogen and oxygen atoms in total. The van der Waals surface area contributed by atoms with Crippen molar-refractivity contribution in [2.45, 2.75) is 6.61 Å². The van der Waals surface area contributed by atoms with Crippen LogP contribution in [-0.2, 0) is 11.4 Å². The fraction of sp³-hybridized carbons (Fsp3) is 0.0435. The van der Waals surface area contributed by atoms with Crippen LogP contribution in [-0.4, -0.2) is 10.8 Å². The van der Waals surface area contributed by atoms with Crippen molar-refractivity contribution in [3.63, 3.8) is 0 Å². The smallest absolute Gasteiger partial charge is 0.269 e. The zero-order valence-corrected chi connectivity index (χ0v) is 18.6. The van der Waals surface area contributed by atoms with Gasteiger partial charge in [0.1, 0.15) is 29.8 Å². The summed E-state index contributed by atoms with van der Waals surface area (Å²) in [6, 6.07) is 18.7. The number of carbonyl (C=O) groups is 1. The van der Waals surface area contributed by atoms with Crippen LogP contribution in [0.4, 0.5) is 15.8 Å². The van der Waals surface area contributed by atoms with Crippen LogP contribution in [0.1, 0.15) is 11.1 Å². The normalized spacial score (nSPS) is 10.8. The molecule has 0 aliphatic carbocycles. The van der Waals surface area contributed by atoms with E-state index in [-0.39, 0.29) is 23.6 Å². The van der Waals surface area contributed by atoms with Crippen molar-refractivity contribution in [3.05, 3.63) is 103 Å². The van der Waals surface area contributed by atoms with Gasteiger partial charge < -0.3 is 10.1 Å². The first kappa shape index (κ1) is 22.9. The number of ether oxygens (including phenoxy) is 1. The zero-order valence-electron chi connectivity index (χ0n) is 16.4. The molecule has 0 aliphatic rings. The highest BCUT2D eigenvalue weighted by molar-refractivity contribution is 14.1. The van der Waals surface area contributed by atoms with E-state index in [2.05, 4.69) is 5.32 Å². The molecule has 1 N–H and O–H groups in total. The molecule has 0 spiro atoms. The highest BCUT2D eigenvalue weighted by atomic mass is 127. The number of hydrogen-bond donors (Lipinski definition) is 1. The van der Waals surface area contributed by atoms with Crippen LogP contribution in [0.3, 0.4) is 0 Å². The summed E-state index contributed by atoms with van der Waals surface area (Å²) >= 11 is 2.05. The number of halogens is 2. The summed E-state index contributed by atoms with van der Waals surface area (Å²) < 4.78 is 20.2. The van der Waals surface area contributed by atoms with E-state index in [9.17, 15) is 24.6 Å². The molecule has 0 fully saturated rings. The molecule has 0 heterocycles. The van der Waals surface area contributed by atoms with Crippen molar-refractivity contribution in [1.29, 1.82) is 5.26 Å². The first-order chi connectivity index (χ1) is 15.4. The first-order valence-corrected chi connectivity index (χ1v) is 10.3. The Balaban J connectivity index is 1.72. The maximum absolute atomic E-state index is 13.7. The molecule has 0 saturated heterocycles.